The third-order valence-corrected chi connectivity index (χ3v) is 3.84. The minimum absolute atomic E-state index is 0.0486. The van der Waals surface area contributed by atoms with Gasteiger partial charge in [0.15, 0.2) is 16.6 Å². The first kappa shape index (κ1) is 14.6. The average Bonchev–Trinajstić information content (AvgIpc) is 2.94. The molecule has 3 rings (SSSR count). The van der Waals surface area contributed by atoms with E-state index in [2.05, 4.69) is 10.3 Å². The van der Waals surface area contributed by atoms with Gasteiger partial charge in [-0.05, 0) is 12.1 Å². The molecule has 0 spiro atoms. The van der Waals surface area contributed by atoms with Crippen LogP contribution in [0.2, 0.25) is 0 Å². The van der Waals surface area contributed by atoms with Crippen LogP contribution >= 0.6 is 11.3 Å². The molecule has 1 aliphatic heterocycles. The predicted octanol–water partition coefficient (Wildman–Crippen LogP) is 1.77. The fourth-order valence-corrected chi connectivity index (χ4v) is 2.74. The Morgan fingerprint density at radius 3 is 3.23 bits per heavy atom. The molecule has 1 amide bonds. The fourth-order valence-electron chi connectivity index (χ4n) is 1.95. The van der Waals surface area contributed by atoms with Crippen molar-refractivity contribution in [2.45, 2.75) is 12.7 Å². The van der Waals surface area contributed by atoms with Gasteiger partial charge in [-0.3, -0.25) is 10.1 Å². The van der Waals surface area contributed by atoms with Gasteiger partial charge in [-0.25, -0.2) is 4.98 Å². The maximum atomic E-state index is 12.2. The molecule has 8 heteroatoms. The second kappa shape index (κ2) is 6.20. The average molecular weight is 322 g/mol. The van der Waals surface area contributed by atoms with Gasteiger partial charge in [0, 0.05) is 19.4 Å². The van der Waals surface area contributed by atoms with Crippen molar-refractivity contribution in [3.8, 4) is 17.2 Å². The van der Waals surface area contributed by atoms with E-state index in [0.29, 0.717) is 23.2 Å². The van der Waals surface area contributed by atoms with Crippen LogP contribution < -0.4 is 14.8 Å². The zero-order valence-electron chi connectivity index (χ0n) is 11.7. The normalized spacial score (nSPS) is 16.3. The molecule has 1 aromatic heterocycles. The first-order chi connectivity index (χ1) is 10.7. The van der Waals surface area contributed by atoms with Gasteiger partial charge in [-0.1, -0.05) is 11.3 Å². The fraction of sp³-hybridized carbons (Fsp3) is 0.286. The summed E-state index contributed by atoms with van der Waals surface area (Å²) < 4.78 is 16.0. The maximum Gasteiger partial charge on any atom is 0.270 e. The van der Waals surface area contributed by atoms with Gasteiger partial charge in [0.2, 0.25) is 6.10 Å². The second-order valence-electron chi connectivity index (χ2n) is 4.60. The molecule has 1 aromatic carbocycles. The Morgan fingerprint density at radius 1 is 1.55 bits per heavy atom. The Labute approximate surface area is 130 Å². The third kappa shape index (κ3) is 3.12. The van der Waals surface area contributed by atoms with Crippen LogP contribution in [0.4, 0.5) is 5.13 Å². The predicted molar refractivity (Wildman–Crippen MR) is 79.5 cm³/mol. The number of rotatable bonds is 4. The van der Waals surface area contributed by atoms with Crippen molar-refractivity contribution in [1.29, 1.82) is 0 Å². The highest BCUT2D eigenvalue weighted by molar-refractivity contribution is 7.15. The Hall–Kier alpha value is -2.32. The van der Waals surface area contributed by atoms with Crippen LogP contribution in [0.1, 0.15) is 4.88 Å². The summed E-state index contributed by atoms with van der Waals surface area (Å²) >= 11 is 1.33. The Bertz CT molecular complexity index is 688. The minimum atomic E-state index is -0.802. The van der Waals surface area contributed by atoms with Crippen LogP contribution in [0.15, 0.2) is 24.4 Å². The van der Waals surface area contributed by atoms with Gasteiger partial charge in [-0.2, -0.15) is 0 Å². The molecule has 1 aliphatic rings. The van der Waals surface area contributed by atoms with Gasteiger partial charge >= 0.3 is 0 Å². The summed E-state index contributed by atoms with van der Waals surface area (Å²) in [5.41, 5.74) is 0. The van der Waals surface area contributed by atoms with Crippen LogP contribution in [-0.4, -0.2) is 35.8 Å². The van der Waals surface area contributed by atoms with Crippen LogP contribution in [-0.2, 0) is 16.1 Å². The Balaban J connectivity index is 1.65. The van der Waals surface area contributed by atoms with Gasteiger partial charge < -0.3 is 19.3 Å². The molecule has 7 nitrogen and oxygen atoms in total. The number of carbonyl (C=O) groups excluding carboxylic acids is 1. The molecule has 0 radical (unpaired) electrons. The number of benzene rings is 1. The maximum absolute atomic E-state index is 12.2. The Kier molecular flexibility index (Phi) is 4.12. The number of hydrogen-bond acceptors (Lipinski definition) is 7. The number of hydrogen-bond donors (Lipinski definition) is 2. The lowest BCUT2D eigenvalue weighted by Gasteiger charge is -2.25. The monoisotopic (exact) mass is 322 g/mol. The number of thiazole rings is 1. The number of phenols is 1. The van der Waals surface area contributed by atoms with E-state index in [0.717, 1.165) is 4.88 Å². The van der Waals surface area contributed by atoms with Crippen molar-refractivity contribution in [2.24, 2.45) is 0 Å². The lowest BCUT2D eigenvalue weighted by atomic mass is 10.2. The first-order valence-electron chi connectivity index (χ1n) is 6.52. The molecule has 1 unspecified atom stereocenters. The Morgan fingerprint density at radius 2 is 2.41 bits per heavy atom. The number of nitrogens with zero attached hydrogens (tertiary/aromatic N) is 1. The summed E-state index contributed by atoms with van der Waals surface area (Å²) in [5.74, 6) is 0.531. The lowest BCUT2D eigenvalue weighted by Crippen LogP contribution is -2.40. The van der Waals surface area contributed by atoms with E-state index in [4.69, 9.17) is 14.2 Å². The van der Waals surface area contributed by atoms with Gasteiger partial charge in [-0.15, -0.1) is 0 Å². The molecule has 2 N–H and O–H groups in total. The van der Waals surface area contributed by atoms with Crippen molar-refractivity contribution in [2.75, 3.05) is 19.0 Å². The van der Waals surface area contributed by atoms with Crippen LogP contribution in [0, 0.1) is 0 Å². The molecule has 22 heavy (non-hydrogen) atoms. The van der Waals surface area contributed by atoms with Crippen molar-refractivity contribution < 1.29 is 24.1 Å². The van der Waals surface area contributed by atoms with Crippen molar-refractivity contribution in [1.82, 2.24) is 4.98 Å². The molecule has 0 aliphatic carbocycles. The topological polar surface area (TPSA) is 89.9 Å². The number of aromatic hydroxyl groups is 1. The number of nitrogens with one attached hydrogen (secondary N) is 1. The number of anilines is 1. The van der Waals surface area contributed by atoms with Crippen molar-refractivity contribution >= 4 is 22.4 Å². The van der Waals surface area contributed by atoms with Crippen LogP contribution in [0.25, 0.3) is 0 Å². The largest absolute Gasteiger partial charge is 0.508 e. The van der Waals surface area contributed by atoms with Crippen molar-refractivity contribution in [3.05, 3.63) is 29.3 Å². The molecule has 0 fully saturated rings. The summed E-state index contributed by atoms with van der Waals surface area (Å²) in [6, 6.07) is 4.50. The SMILES string of the molecule is COCc1cnc(NC(=O)C2COc3ccc(O)cc3O2)s1. The van der Waals surface area contributed by atoms with E-state index in [-0.39, 0.29) is 18.3 Å². The smallest absolute Gasteiger partial charge is 0.270 e. The highest BCUT2D eigenvalue weighted by Crippen LogP contribution is 2.34. The number of phenolic OH excluding ortho intramolecular Hbond substituents is 1. The molecular weight excluding hydrogens is 308 g/mol. The van der Waals surface area contributed by atoms with Crippen LogP contribution in [0.3, 0.4) is 0 Å². The van der Waals surface area contributed by atoms with E-state index < -0.39 is 6.10 Å². The number of fused-ring (bicyclic) bond motifs is 1. The number of ether oxygens (including phenoxy) is 3. The summed E-state index contributed by atoms with van der Waals surface area (Å²) in [6.07, 6.45) is 0.846. The molecule has 116 valence electrons. The molecular formula is C14H14N2O5S. The van der Waals surface area contributed by atoms with E-state index in [9.17, 15) is 9.90 Å². The molecule has 0 saturated carbocycles. The second-order valence-corrected chi connectivity index (χ2v) is 5.72. The highest BCUT2D eigenvalue weighted by Gasteiger charge is 2.28. The molecule has 1 atom stereocenters. The van der Waals surface area contributed by atoms with E-state index in [1.165, 1.54) is 23.5 Å². The van der Waals surface area contributed by atoms with E-state index in [1.54, 1.807) is 19.4 Å². The van der Waals surface area contributed by atoms with Gasteiger partial charge in [0.1, 0.15) is 12.4 Å². The molecule has 0 saturated heterocycles. The first-order valence-corrected chi connectivity index (χ1v) is 7.34. The highest BCUT2D eigenvalue weighted by atomic mass is 32.1. The van der Waals surface area contributed by atoms with E-state index in [1.807, 2.05) is 0 Å². The molecule has 2 aromatic rings. The minimum Gasteiger partial charge on any atom is -0.508 e. The van der Waals surface area contributed by atoms with Gasteiger partial charge in [0.05, 0.1) is 11.5 Å². The van der Waals surface area contributed by atoms with Crippen molar-refractivity contribution in [3.63, 3.8) is 0 Å². The van der Waals surface area contributed by atoms with E-state index >= 15 is 0 Å². The standard InChI is InChI=1S/C14H14N2O5S/c1-19-6-9-5-15-14(22-9)16-13(18)12-7-20-10-3-2-8(17)4-11(10)21-12/h2-5,12,17H,6-7H2,1H3,(H,15,16,18). The summed E-state index contributed by atoms with van der Waals surface area (Å²) in [7, 11) is 1.60. The molecule has 0 bridgehead atoms. The van der Waals surface area contributed by atoms with Gasteiger partial charge in [0.25, 0.3) is 5.91 Å². The zero-order valence-corrected chi connectivity index (χ0v) is 12.6. The number of amides is 1. The number of methoxy groups -OCH3 is 1. The van der Waals surface area contributed by atoms with Crippen LogP contribution in [0.5, 0.6) is 17.2 Å². The zero-order chi connectivity index (χ0) is 15.5. The number of aromatic nitrogens is 1. The third-order valence-electron chi connectivity index (χ3n) is 2.95. The summed E-state index contributed by atoms with van der Waals surface area (Å²) in [4.78, 5) is 17.2. The quantitative estimate of drug-likeness (QED) is 0.892. The summed E-state index contributed by atoms with van der Waals surface area (Å²) in [5, 5.41) is 12.6. The molecule has 2 heterocycles. The lowest BCUT2D eigenvalue weighted by molar-refractivity contribution is -0.125. The number of carbonyl (C=O) groups is 1. The summed E-state index contributed by atoms with van der Waals surface area (Å²) in [6.45, 7) is 0.545.